The van der Waals surface area contributed by atoms with E-state index < -0.39 is 88.1 Å². The molecule has 1 aromatic rings. The monoisotopic (exact) mass is 600 g/mol. The number of nitrogens with one attached hydrogen (secondary N) is 2. The number of rotatable bonds is 5. The highest BCUT2D eigenvalue weighted by atomic mass is 35.5. The first-order valence-electron chi connectivity index (χ1n) is 12.1. The summed E-state index contributed by atoms with van der Waals surface area (Å²) in [5, 5.41) is 3.02. The van der Waals surface area contributed by atoms with Gasteiger partial charge in [0.25, 0.3) is 23.4 Å². The van der Waals surface area contributed by atoms with Crippen LogP contribution in [0, 0.1) is 23.2 Å². The van der Waals surface area contributed by atoms with Crippen LogP contribution in [0.4, 0.5) is 30.7 Å². The van der Waals surface area contributed by atoms with Crippen molar-refractivity contribution in [1.29, 1.82) is 0 Å². The van der Waals surface area contributed by atoms with E-state index in [9.17, 15) is 49.9 Å². The van der Waals surface area contributed by atoms with E-state index in [-0.39, 0.29) is 43.6 Å². The molecule has 1 saturated carbocycles. The van der Waals surface area contributed by atoms with Crippen LogP contribution in [-0.4, -0.2) is 64.8 Å². The summed E-state index contributed by atoms with van der Waals surface area (Å²) >= 11 is 5.27. The number of amides is 4. The van der Waals surface area contributed by atoms with Gasteiger partial charge in [-0.1, -0.05) is 25.4 Å². The number of halogens is 8. The van der Waals surface area contributed by atoms with E-state index in [1.807, 2.05) is 0 Å². The summed E-state index contributed by atoms with van der Waals surface area (Å²) in [5.74, 6) is -5.84. The van der Waals surface area contributed by atoms with Gasteiger partial charge in [-0.3, -0.25) is 24.6 Å². The molecule has 3 fully saturated rings. The SMILES string of the molecule is CC1(C)[C@@H]2[C@@H](C(=O)NN(C[C@@H]3CCNC3=O)C(=O)C(F)Cl)N(C(=O)c3cc(C(F)(F)F)cc(C(F)(F)F)c3)C[C@@H]21. The van der Waals surface area contributed by atoms with E-state index in [1.54, 1.807) is 13.8 Å². The first-order valence-corrected chi connectivity index (χ1v) is 12.6. The Kier molecular flexibility index (Phi) is 7.52. The van der Waals surface area contributed by atoms with Crippen LogP contribution in [0.5, 0.6) is 0 Å². The minimum absolute atomic E-state index is 0.117. The number of hydrogen-bond donors (Lipinski definition) is 2. The number of carbonyl (C=O) groups is 4. The summed E-state index contributed by atoms with van der Waals surface area (Å²) in [4.78, 5) is 52.0. The maximum atomic E-state index is 13.7. The molecular formula is C24H24ClF7N4O4. The Morgan fingerprint density at radius 3 is 2.17 bits per heavy atom. The van der Waals surface area contributed by atoms with Gasteiger partial charge in [0.15, 0.2) is 0 Å². The van der Waals surface area contributed by atoms with E-state index >= 15 is 0 Å². The Balaban J connectivity index is 1.65. The van der Waals surface area contributed by atoms with E-state index in [0.29, 0.717) is 5.01 Å². The highest BCUT2D eigenvalue weighted by Gasteiger charge is 2.69. The summed E-state index contributed by atoms with van der Waals surface area (Å²) in [7, 11) is 0. The van der Waals surface area contributed by atoms with Gasteiger partial charge in [-0.2, -0.15) is 26.3 Å². The number of fused-ring (bicyclic) bond motifs is 1. The zero-order chi connectivity index (χ0) is 29.9. The predicted molar refractivity (Wildman–Crippen MR) is 124 cm³/mol. The second-order valence-electron chi connectivity index (χ2n) is 10.7. The van der Waals surface area contributed by atoms with Crippen molar-refractivity contribution in [3.05, 3.63) is 34.9 Å². The Morgan fingerprint density at radius 1 is 1.12 bits per heavy atom. The molecule has 0 spiro atoms. The summed E-state index contributed by atoms with van der Waals surface area (Å²) in [6.07, 6.45) is -10.1. The molecule has 2 aliphatic heterocycles. The Bertz CT molecular complexity index is 1200. The molecule has 2 N–H and O–H groups in total. The first kappa shape index (κ1) is 29.9. The van der Waals surface area contributed by atoms with Gasteiger partial charge in [-0.05, 0) is 41.9 Å². The molecule has 1 aromatic carbocycles. The van der Waals surface area contributed by atoms with Gasteiger partial charge < -0.3 is 10.2 Å². The Labute approximate surface area is 228 Å². The highest BCUT2D eigenvalue weighted by molar-refractivity contribution is 6.29. The number of piperidine rings is 1. The van der Waals surface area contributed by atoms with Crippen molar-refractivity contribution < 1.29 is 49.9 Å². The number of hydrazine groups is 1. The molecule has 0 bridgehead atoms. The van der Waals surface area contributed by atoms with Crippen LogP contribution in [0.15, 0.2) is 18.2 Å². The van der Waals surface area contributed by atoms with Crippen LogP contribution in [0.3, 0.4) is 0 Å². The Hall–Kier alpha value is -3.10. The lowest BCUT2D eigenvalue weighted by molar-refractivity contribution is -0.146. The minimum Gasteiger partial charge on any atom is -0.356 e. The third-order valence-corrected chi connectivity index (χ3v) is 8.02. The molecule has 8 nitrogen and oxygen atoms in total. The number of likely N-dealkylation sites (tertiary alicyclic amines) is 1. The van der Waals surface area contributed by atoms with Crippen molar-refractivity contribution in [3.8, 4) is 0 Å². The van der Waals surface area contributed by atoms with Gasteiger partial charge in [0.1, 0.15) is 6.04 Å². The summed E-state index contributed by atoms with van der Waals surface area (Å²) in [6, 6.07) is -0.986. The standard InChI is InChI=1S/C24H24ClF7N4O4/c1-22(2)14-9-35(20(39)11-5-12(23(27,28)29)7-13(6-11)24(30,31)32)16(15(14)22)19(38)34-36(21(40)17(25)26)8-10-3-4-33-18(10)37/h5-7,10,14-17H,3-4,8-9H2,1-2H3,(H,33,37)(H,34,38)/t10-,14-,15-,16-,17?/m0/s1. The lowest BCUT2D eigenvalue weighted by atomic mass is 9.98. The fraction of sp³-hybridized carbons (Fsp3) is 0.583. The van der Waals surface area contributed by atoms with Crippen LogP contribution in [0.1, 0.15) is 41.8 Å². The topological polar surface area (TPSA) is 98.8 Å². The van der Waals surface area contributed by atoms with Gasteiger partial charge in [-0.15, -0.1) is 0 Å². The molecule has 0 aromatic heterocycles. The number of alkyl halides is 8. The molecule has 2 heterocycles. The van der Waals surface area contributed by atoms with Crippen molar-refractivity contribution in [1.82, 2.24) is 20.7 Å². The molecular weight excluding hydrogens is 577 g/mol. The quantitative estimate of drug-likeness (QED) is 0.308. The van der Waals surface area contributed by atoms with E-state index in [0.717, 1.165) is 4.90 Å². The lowest BCUT2D eigenvalue weighted by Crippen LogP contribution is -2.57. The second kappa shape index (κ2) is 10.1. The van der Waals surface area contributed by atoms with Crippen molar-refractivity contribution in [2.45, 2.75) is 44.3 Å². The van der Waals surface area contributed by atoms with E-state index in [1.165, 1.54) is 0 Å². The molecule has 2 saturated heterocycles. The molecule has 4 amide bonds. The van der Waals surface area contributed by atoms with E-state index in [4.69, 9.17) is 11.6 Å². The maximum absolute atomic E-state index is 13.7. The predicted octanol–water partition coefficient (Wildman–Crippen LogP) is 3.35. The zero-order valence-electron chi connectivity index (χ0n) is 21.0. The van der Waals surface area contributed by atoms with Gasteiger partial charge in [-0.25, -0.2) is 9.40 Å². The number of benzene rings is 1. The normalized spacial score (nSPS) is 26.1. The third-order valence-electron chi connectivity index (χ3n) is 7.84. The largest absolute Gasteiger partial charge is 0.416 e. The first-order chi connectivity index (χ1) is 18.3. The van der Waals surface area contributed by atoms with Crippen LogP contribution in [0.2, 0.25) is 0 Å². The van der Waals surface area contributed by atoms with Gasteiger partial charge >= 0.3 is 12.4 Å². The van der Waals surface area contributed by atoms with Crippen molar-refractivity contribution in [2.75, 3.05) is 19.6 Å². The van der Waals surface area contributed by atoms with Crippen molar-refractivity contribution in [3.63, 3.8) is 0 Å². The molecule has 3 aliphatic rings. The van der Waals surface area contributed by atoms with Crippen molar-refractivity contribution in [2.24, 2.45) is 23.2 Å². The molecule has 5 atom stereocenters. The summed E-state index contributed by atoms with van der Waals surface area (Å²) in [6.45, 7) is 3.19. The van der Waals surface area contributed by atoms with Crippen LogP contribution >= 0.6 is 11.6 Å². The summed E-state index contributed by atoms with van der Waals surface area (Å²) < 4.78 is 93.9. The zero-order valence-corrected chi connectivity index (χ0v) is 21.8. The summed E-state index contributed by atoms with van der Waals surface area (Å²) in [5.41, 5.74) is -5.27. The van der Waals surface area contributed by atoms with Gasteiger partial charge in [0.2, 0.25) is 5.91 Å². The fourth-order valence-electron chi connectivity index (χ4n) is 5.59. The average Bonchev–Trinajstić information content (AvgIpc) is 3.19. The Morgan fingerprint density at radius 2 is 1.70 bits per heavy atom. The van der Waals surface area contributed by atoms with Crippen LogP contribution in [0.25, 0.3) is 0 Å². The lowest BCUT2D eigenvalue weighted by Gasteiger charge is -2.33. The number of nitrogens with zero attached hydrogens (tertiary/aromatic N) is 2. The van der Waals surface area contributed by atoms with E-state index in [2.05, 4.69) is 10.7 Å². The minimum atomic E-state index is -5.19. The number of carbonyl (C=O) groups excluding carboxylic acids is 4. The maximum Gasteiger partial charge on any atom is 0.416 e. The van der Waals surface area contributed by atoms with Gasteiger partial charge in [0, 0.05) is 18.7 Å². The highest BCUT2D eigenvalue weighted by Crippen LogP contribution is 2.65. The third kappa shape index (κ3) is 5.56. The number of hydrogen-bond acceptors (Lipinski definition) is 4. The molecule has 1 unspecified atom stereocenters. The van der Waals surface area contributed by atoms with Crippen molar-refractivity contribution >= 4 is 35.2 Å². The van der Waals surface area contributed by atoms with Crippen LogP contribution < -0.4 is 10.7 Å². The van der Waals surface area contributed by atoms with Gasteiger partial charge in [0.05, 0.1) is 23.6 Å². The smallest absolute Gasteiger partial charge is 0.356 e. The van der Waals surface area contributed by atoms with Crippen LogP contribution in [-0.2, 0) is 26.7 Å². The second-order valence-corrected chi connectivity index (χ2v) is 11.0. The molecule has 0 radical (unpaired) electrons. The fourth-order valence-corrected chi connectivity index (χ4v) is 5.70. The molecule has 220 valence electrons. The molecule has 1 aliphatic carbocycles. The molecule has 40 heavy (non-hydrogen) atoms. The average molecular weight is 601 g/mol. The molecule has 4 rings (SSSR count). The molecule has 16 heteroatoms.